The minimum Gasteiger partial charge on any atom is -0.456 e. The molecule has 1 aliphatic rings. The van der Waals surface area contributed by atoms with Crippen LogP contribution in [0.15, 0.2) is 54.9 Å². The lowest BCUT2D eigenvalue weighted by molar-refractivity contribution is -0.137. The first-order valence-electron chi connectivity index (χ1n) is 14.2. The number of ether oxygens (including phenoxy) is 1. The Balaban J connectivity index is 1.24. The molecule has 0 bridgehead atoms. The third-order valence-electron chi connectivity index (χ3n) is 7.21. The summed E-state index contributed by atoms with van der Waals surface area (Å²) >= 11 is 0. The van der Waals surface area contributed by atoms with E-state index in [4.69, 9.17) is 4.74 Å². The van der Waals surface area contributed by atoms with Crippen molar-refractivity contribution in [1.29, 1.82) is 0 Å². The lowest BCUT2D eigenvalue weighted by Crippen LogP contribution is -2.45. The van der Waals surface area contributed by atoms with E-state index in [2.05, 4.69) is 35.7 Å². The zero-order valence-electron chi connectivity index (χ0n) is 24.3. The molecule has 11 nitrogen and oxygen atoms in total. The van der Waals surface area contributed by atoms with Crippen molar-refractivity contribution in [2.75, 3.05) is 44.4 Å². The van der Waals surface area contributed by atoms with E-state index in [-0.39, 0.29) is 23.3 Å². The summed E-state index contributed by atoms with van der Waals surface area (Å²) in [6.45, 7) is 2.18. The van der Waals surface area contributed by atoms with Crippen LogP contribution in [0.4, 0.5) is 24.8 Å². The molecule has 14 heteroatoms. The van der Waals surface area contributed by atoms with Gasteiger partial charge in [0.15, 0.2) is 11.5 Å². The summed E-state index contributed by atoms with van der Waals surface area (Å²) in [6, 6.07) is 9.46. The molecule has 2 amide bonds. The first-order chi connectivity index (χ1) is 21.1. The summed E-state index contributed by atoms with van der Waals surface area (Å²) in [7, 11) is 3.98. The Labute approximate surface area is 251 Å². The lowest BCUT2D eigenvalue weighted by atomic mass is 10.0. The van der Waals surface area contributed by atoms with Gasteiger partial charge in [-0.15, -0.1) is 0 Å². The molecule has 3 aromatic heterocycles. The Kier molecular flexibility index (Phi) is 9.28. The Hall–Kier alpha value is -4.72. The molecule has 0 radical (unpaired) electrons. The van der Waals surface area contributed by atoms with Gasteiger partial charge in [0, 0.05) is 49.6 Å². The molecule has 4 heterocycles. The van der Waals surface area contributed by atoms with Gasteiger partial charge in [0.05, 0.1) is 5.56 Å². The zero-order chi connectivity index (χ0) is 31.3. The number of aromatic nitrogens is 4. The Morgan fingerprint density at radius 3 is 2.64 bits per heavy atom. The number of hydrogen-bond acceptors (Lipinski definition) is 8. The molecule has 3 N–H and O–H groups in total. The van der Waals surface area contributed by atoms with Crippen LogP contribution in [0.25, 0.3) is 11.0 Å². The summed E-state index contributed by atoms with van der Waals surface area (Å²) in [5, 5.41) is 13.8. The standard InChI is InChI=1S/C30H33F3N8O3/c1-40(2)15-4-6-25(42)41-16-3-5-21(18-41)36-28-26-23(12-14-35-27(26)38-39-28)44-22-9-7-19(8-10-22)29(43)37-24-17-20(11-13-34-24)30(31,32)33/h7-14,17,21H,3-6,15-16,18H2,1-2H3,(H,34,37,43)(H2,35,36,38,39)/t21-/m1/s1. The van der Waals surface area contributed by atoms with E-state index in [9.17, 15) is 22.8 Å². The fourth-order valence-corrected chi connectivity index (χ4v) is 5.00. The number of hydrogen-bond donors (Lipinski definition) is 3. The number of pyridine rings is 2. The molecular formula is C30H33F3N8O3. The van der Waals surface area contributed by atoms with Crippen LogP contribution in [0, 0.1) is 0 Å². The third kappa shape index (κ3) is 7.61. The van der Waals surface area contributed by atoms with Crippen molar-refractivity contribution in [2.45, 2.75) is 37.9 Å². The second-order valence-corrected chi connectivity index (χ2v) is 10.8. The van der Waals surface area contributed by atoms with Crippen LogP contribution >= 0.6 is 0 Å². The molecule has 1 aliphatic heterocycles. The number of H-pyrrole nitrogens is 1. The van der Waals surface area contributed by atoms with Gasteiger partial charge in [0.25, 0.3) is 5.91 Å². The highest BCUT2D eigenvalue weighted by atomic mass is 19.4. The number of anilines is 2. The maximum Gasteiger partial charge on any atom is 0.416 e. The summed E-state index contributed by atoms with van der Waals surface area (Å²) < 4.78 is 45.1. The van der Waals surface area contributed by atoms with Gasteiger partial charge >= 0.3 is 6.18 Å². The summed E-state index contributed by atoms with van der Waals surface area (Å²) in [4.78, 5) is 37.5. The van der Waals surface area contributed by atoms with Crippen LogP contribution in [-0.2, 0) is 11.0 Å². The van der Waals surface area contributed by atoms with E-state index in [1.165, 1.54) is 12.1 Å². The van der Waals surface area contributed by atoms with Crippen LogP contribution in [0.2, 0.25) is 0 Å². The number of fused-ring (bicyclic) bond motifs is 1. The summed E-state index contributed by atoms with van der Waals surface area (Å²) in [5.41, 5.74) is -0.185. The number of aromatic amines is 1. The predicted molar refractivity (Wildman–Crippen MR) is 159 cm³/mol. The Bertz CT molecular complexity index is 1610. The van der Waals surface area contributed by atoms with Crippen LogP contribution in [0.5, 0.6) is 11.5 Å². The second kappa shape index (κ2) is 13.3. The Morgan fingerprint density at radius 1 is 1.11 bits per heavy atom. The molecule has 232 valence electrons. The maximum absolute atomic E-state index is 13.0. The van der Waals surface area contributed by atoms with Gasteiger partial charge in [-0.1, -0.05) is 0 Å². The number of benzene rings is 1. The molecular weight excluding hydrogens is 577 g/mol. The smallest absolute Gasteiger partial charge is 0.416 e. The fraction of sp³-hybridized carbons (Fsp3) is 0.367. The first-order valence-corrected chi connectivity index (χ1v) is 14.2. The molecule has 44 heavy (non-hydrogen) atoms. The van der Waals surface area contributed by atoms with Crippen LogP contribution in [0.1, 0.15) is 41.6 Å². The highest BCUT2D eigenvalue weighted by Gasteiger charge is 2.31. The molecule has 0 aliphatic carbocycles. The van der Waals surface area contributed by atoms with Crippen molar-refractivity contribution in [3.05, 3.63) is 66.0 Å². The van der Waals surface area contributed by atoms with Gasteiger partial charge in [-0.2, -0.15) is 18.3 Å². The minimum atomic E-state index is -4.55. The number of nitrogens with one attached hydrogen (secondary N) is 3. The second-order valence-electron chi connectivity index (χ2n) is 10.8. The number of carbonyl (C=O) groups excluding carboxylic acids is 2. The SMILES string of the molecule is CN(C)CCCC(=O)N1CCC[C@@H](Nc2n[nH]c3nccc(Oc4ccc(C(=O)Nc5cc(C(F)(F)F)ccn5)cc4)c23)C1. The van der Waals surface area contributed by atoms with Crippen molar-refractivity contribution in [3.8, 4) is 11.5 Å². The predicted octanol–water partition coefficient (Wildman–Crippen LogP) is 5.16. The topological polar surface area (TPSA) is 128 Å². The van der Waals surface area contributed by atoms with Crippen molar-refractivity contribution in [1.82, 2.24) is 30.0 Å². The highest BCUT2D eigenvalue weighted by Crippen LogP contribution is 2.34. The van der Waals surface area contributed by atoms with E-state index in [0.717, 1.165) is 50.7 Å². The van der Waals surface area contributed by atoms with E-state index in [0.29, 0.717) is 41.3 Å². The van der Waals surface area contributed by atoms with Gasteiger partial charge in [0.2, 0.25) is 5.91 Å². The van der Waals surface area contributed by atoms with Crippen LogP contribution in [0.3, 0.4) is 0 Å². The normalized spacial score (nSPS) is 15.4. The molecule has 0 unspecified atom stereocenters. The molecule has 1 saturated heterocycles. The zero-order valence-corrected chi connectivity index (χ0v) is 24.3. The van der Waals surface area contributed by atoms with Crippen molar-refractivity contribution in [2.24, 2.45) is 0 Å². The first kappa shape index (κ1) is 30.7. The average molecular weight is 611 g/mol. The van der Waals surface area contributed by atoms with Crippen molar-refractivity contribution < 1.29 is 27.5 Å². The molecule has 1 fully saturated rings. The number of carbonyl (C=O) groups is 2. The quantitative estimate of drug-likeness (QED) is 0.225. The Morgan fingerprint density at radius 2 is 1.89 bits per heavy atom. The van der Waals surface area contributed by atoms with Gasteiger partial charge in [-0.3, -0.25) is 14.7 Å². The molecule has 1 aromatic carbocycles. The van der Waals surface area contributed by atoms with E-state index in [1.54, 1.807) is 24.4 Å². The van der Waals surface area contributed by atoms with Crippen molar-refractivity contribution >= 4 is 34.5 Å². The molecule has 0 saturated carbocycles. The van der Waals surface area contributed by atoms with Gasteiger partial charge in [-0.05, 0) is 76.3 Å². The minimum absolute atomic E-state index is 0.00483. The van der Waals surface area contributed by atoms with E-state index >= 15 is 0 Å². The number of piperidine rings is 1. The van der Waals surface area contributed by atoms with Crippen LogP contribution < -0.4 is 15.4 Å². The molecule has 4 aromatic rings. The maximum atomic E-state index is 13.0. The molecule has 5 rings (SSSR count). The number of amides is 2. The molecule has 0 spiro atoms. The van der Waals surface area contributed by atoms with E-state index < -0.39 is 17.6 Å². The number of alkyl halides is 3. The van der Waals surface area contributed by atoms with Gasteiger partial charge in [0.1, 0.15) is 22.7 Å². The third-order valence-corrected chi connectivity index (χ3v) is 7.21. The average Bonchev–Trinajstić information content (AvgIpc) is 3.40. The number of halogens is 3. The van der Waals surface area contributed by atoms with Crippen molar-refractivity contribution in [3.63, 3.8) is 0 Å². The summed E-state index contributed by atoms with van der Waals surface area (Å²) in [5.74, 6) is 0.779. The summed E-state index contributed by atoms with van der Waals surface area (Å²) in [6.07, 6.45) is 1.11. The van der Waals surface area contributed by atoms with E-state index in [1.807, 2.05) is 19.0 Å². The number of rotatable bonds is 10. The van der Waals surface area contributed by atoms with Gasteiger partial charge < -0.3 is 25.2 Å². The number of nitrogens with zero attached hydrogens (tertiary/aromatic N) is 5. The number of likely N-dealkylation sites (tertiary alicyclic amines) is 1. The largest absolute Gasteiger partial charge is 0.456 e. The van der Waals surface area contributed by atoms with Crippen LogP contribution in [-0.4, -0.2) is 81.6 Å². The van der Waals surface area contributed by atoms with Gasteiger partial charge in [-0.25, -0.2) is 9.97 Å². The lowest BCUT2D eigenvalue weighted by Gasteiger charge is -2.33. The highest BCUT2D eigenvalue weighted by molar-refractivity contribution is 6.03. The monoisotopic (exact) mass is 610 g/mol. The molecule has 1 atom stereocenters. The fourth-order valence-electron chi connectivity index (χ4n) is 5.00.